The van der Waals surface area contributed by atoms with E-state index in [1.54, 1.807) is 0 Å². The van der Waals surface area contributed by atoms with Gasteiger partial charge < -0.3 is 15.5 Å². The highest BCUT2D eigenvalue weighted by atomic mass is 16.3. The molecule has 0 saturated heterocycles. The van der Waals surface area contributed by atoms with E-state index in [2.05, 4.69) is 31.3 Å². The number of amides is 1. The first-order valence-electron chi connectivity index (χ1n) is 25.4. The molecule has 0 spiro atoms. The van der Waals surface area contributed by atoms with E-state index in [0.717, 1.165) is 25.7 Å². The van der Waals surface area contributed by atoms with E-state index in [1.807, 2.05) is 0 Å². The van der Waals surface area contributed by atoms with Crippen LogP contribution in [0.25, 0.3) is 0 Å². The van der Waals surface area contributed by atoms with Crippen molar-refractivity contribution in [3.63, 3.8) is 0 Å². The molecule has 4 nitrogen and oxygen atoms in total. The van der Waals surface area contributed by atoms with Gasteiger partial charge >= 0.3 is 0 Å². The molecule has 0 aromatic rings. The summed E-state index contributed by atoms with van der Waals surface area (Å²) >= 11 is 0. The molecule has 0 aromatic carbocycles. The van der Waals surface area contributed by atoms with Crippen LogP contribution >= 0.6 is 0 Å². The molecule has 0 saturated carbocycles. The zero-order chi connectivity index (χ0) is 40.0. The summed E-state index contributed by atoms with van der Waals surface area (Å²) in [6, 6.07) is -0.531. The standard InChI is InChI=1S/C51H101NO3/c1-3-5-7-9-11-13-15-16-17-18-19-20-21-22-23-24-25-26-27-28-29-30-31-32-33-34-35-37-39-41-43-45-47-51(55)52-49(48-53)50(54)46-44-42-40-38-36-14-12-10-8-6-4-2/h22-23,49-50,53-54H,3-21,24-48H2,1-2H3,(H,52,55)/b23-22-. The van der Waals surface area contributed by atoms with E-state index in [1.165, 1.54) is 238 Å². The van der Waals surface area contributed by atoms with Crippen LogP contribution in [0.15, 0.2) is 12.2 Å². The molecule has 328 valence electrons. The van der Waals surface area contributed by atoms with E-state index >= 15 is 0 Å². The Kier molecular flexibility index (Phi) is 46.8. The molecule has 0 heterocycles. The van der Waals surface area contributed by atoms with Crippen LogP contribution in [0.5, 0.6) is 0 Å². The topological polar surface area (TPSA) is 69.6 Å². The van der Waals surface area contributed by atoms with Crippen molar-refractivity contribution < 1.29 is 15.0 Å². The van der Waals surface area contributed by atoms with Crippen LogP contribution in [0.1, 0.15) is 290 Å². The first kappa shape index (κ1) is 54.1. The number of carbonyl (C=O) groups excluding carboxylic acids is 1. The average molecular weight is 776 g/mol. The van der Waals surface area contributed by atoms with Crippen LogP contribution in [0, 0.1) is 0 Å². The normalized spacial score (nSPS) is 12.9. The molecule has 2 atom stereocenters. The van der Waals surface area contributed by atoms with Crippen molar-refractivity contribution in [3.05, 3.63) is 12.2 Å². The Balaban J connectivity index is 3.37. The lowest BCUT2D eigenvalue weighted by molar-refractivity contribution is -0.123. The van der Waals surface area contributed by atoms with Gasteiger partial charge in [0.15, 0.2) is 0 Å². The Hall–Kier alpha value is -0.870. The minimum Gasteiger partial charge on any atom is -0.394 e. The summed E-state index contributed by atoms with van der Waals surface area (Å²) in [6.07, 6.45) is 60.5. The molecular formula is C51H101NO3. The van der Waals surface area contributed by atoms with Gasteiger partial charge in [0.25, 0.3) is 0 Å². The number of aliphatic hydroxyl groups is 2. The number of rotatable bonds is 47. The number of hydrogen-bond acceptors (Lipinski definition) is 3. The van der Waals surface area contributed by atoms with Crippen LogP contribution in [0.2, 0.25) is 0 Å². The predicted octanol–water partition coefficient (Wildman–Crippen LogP) is 16.2. The maximum absolute atomic E-state index is 12.4. The molecule has 0 aromatic heterocycles. The zero-order valence-electron chi connectivity index (χ0n) is 37.7. The van der Waals surface area contributed by atoms with Crippen LogP contribution in [-0.4, -0.2) is 34.9 Å². The third-order valence-corrected chi connectivity index (χ3v) is 12.0. The van der Waals surface area contributed by atoms with Gasteiger partial charge in [0.05, 0.1) is 18.8 Å². The first-order chi connectivity index (χ1) is 27.2. The highest BCUT2D eigenvalue weighted by Crippen LogP contribution is 2.17. The smallest absolute Gasteiger partial charge is 0.220 e. The fourth-order valence-corrected chi connectivity index (χ4v) is 8.12. The van der Waals surface area contributed by atoms with Crippen molar-refractivity contribution in [2.75, 3.05) is 6.61 Å². The SMILES string of the molecule is CCCCCCCCCCCCCC/C=C\CCCCCCCCCCCCCCCCCCC(=O)NC(CO)C(O)CCCCCCCCCCCCC. The fraction of sp³-hybridized carbons (Fsp3) is 0.941. The van der Waals surface area contributed by atoms with Crippen LogP contribution in [0.3, 0.4) is 0 Å². The summed E-state index contributed by atoms with van der Waals surface area (Å²) in [4.78, 5) is 12.4. The second-order valence-electron chi connectivity index (χ2n) is 17.6. The van der Waals surface area contributed by atoms with Gasteiger partial charge in [0.2, 0.25) is 5.91 Å². The van der Waals surface area contributed by atoms with Gasteiger partial charge in [-0.1, -0.05) is 257 Å². The Morgan fingerprint density at radius 2 is 0.691 bits per heavy atom. The van der Waals surface area contributed by atoms with Gasteiger partial charge in [-0.15, -0.1) is 0 Å². The number of allylic oxidation sites excluding steroid dienone is 2. The third-order valence-electron chi connectivity index (χ3n) is 12.0. The number of carbonyl (C=O) groups is 1. The number of hydrogen-bond donors (Lipinski definition) is 3. The molecule has 1 amide bonds. The number of unbranched alkanes of at least 4 members (excludes halogenated alkanes) is 38. The Morgan fingerprint density at radius 1 is 0.418 bits per heavy atom. The Bertz CT molecular complexity index is 754. The Morgan fingerprint density at radius 3 is 1.00 bits per heavy atom. The Labute approximate surface area is 346 Å². The average Bonchev–Trinajstić information content (AvgIpc) is 3.19. The highest BCUT2D eigenvalue weighted by molar-refractivity contribution is 5.76. The van der Waals surface area contributed by atoms with Gasteiger partial charge in [0, 0.05) is 6.42 Å². The van der Waals surface area contributed by atoms with E-state index in [-0.39, 0.29) is 12.5 Å². The summed E-state index contributed by atoms with van der Waals surface area (Å²) in [5, 5.41) is 23.1. The van der Waals surface area contributed by atoms with Crippen molar-refractivity contribution in [2.45, 2.75) is 302 Å². The lowest BCUT2D eigenvalue weighted by atomic mass is 10.0. The monoisotopic (exact) mass is 776 g/mol. The van der Waals surface area contributed by atoms with Gasteiger partial charge in [-0.2, -0.15) is 0 Å². The van der Waals surface area contributed by atoms with Crippen LogP contribution < -0.4 is 5.32 Å². The number of nitrogens with one attached hydrogen (secondary N) is 1. The summed E-state index contributed by atoms with van der Waals surface area (Å²) in [5.74, 6) is -0.0277. The van der Waals surface area contributed by atoms with Crippen LogP contribution in [0.4, 0.5) is 0 Å². The molecule has 0 radical (unpaired) electrons. The maximum Gasteiger partial charge on any atom is 0.220 e. The minimum atomic E-state index is -0.654. The molecular weight excluding hydrogens is 675 g/mol. The van der Waals surface area contributed by atoms with Crippen molar-refractivity contribution >= 4 is 5.91 Å². The van der Waals surface area contributed by atoms with Gasteiger partial charge in [-0.3, -0.25) is 4.79 Å². The summed E-state index contributed by atoms with van der Waals surface area (Å²) in [6.45, 7) is 4.37. The van der Waals surface area contributed by atoms with Crippen molar-refractivity contribution in [2.24, 2.45) is 0 Å². The van der Waals surface area contributed by atoms with Gasteiger partial charge in [0.1, 0.15) is 0 Å². The zero-order valence-corrected chi connectivity index (χ0v) is 37.7. The molecule has 0 rings (SSSR count). The first-order valence-corrected chi connectivity index (χ1v) is 25.4. The molecule has 2 unspecified atom stereocenters. The minimum absolute atomic E-state index is 0.0277. The lowest BCUT2D eigenvalue weighted by Crippen LogP contribution is -2.45. The fourth-order valence-electron chi connectivity index (χ4n) is 8.12. The molecule has 0 fully saturated rings. The predicted molar refractivity (Wildman–Crippen MR) is 244 cm³/mol. The van der Waals surface area contributed by atoms with E-state index in [9.17, 15) is 15.0 Å². The summed E-state index contributed by atoms with van der Waals surface area (Å²) < 4.78 is 0. The molecule has 3 N–H and O–H groups in total. The molecule has 0 aliphatic carbocycles. The molecule has 0 aliphatic heterocycles. The quantitative estimate of drug-likeness (QED) is 0.0426. The van der Waals surface area contributed by atoms with Gasteiger partial charge in [-0.05, 0) is 38.5 Å². The number of aliphatic hydroxyl groups excluding tert-OH is 2. The van der Waals surface area contributed by atoms with E-state index < -0.39 is 12.1 Å². The lowest BCUT2D eigenvalue weighted by Gasteiger charge is -2.22. The molecule has 4 heteroatoms. The van der Waals surface area contributed by atoms with E-state index in [4.69, 9.17) is 0 Å². The van der Waals surface area contributed by atoms with Crippen molar-refractivity contribution in [3.8, 4) is 0 Å². The highest BCUT2D eigenvalue weighted by Gasteiger charge is 2.20. The van der Waals surface area contributed by atoms with Crippen molar-refractivity contribution in [1.29, 1.82) is 0 Å². The largest absolute Gasteiger partial charge is 0.394 e. The molecule has 0 aliphatic rings. The second-order valence-corrected chi connectivity index (χ2v) is 17.6. The van der Waals surface area contributed by atoms with Gasteiger partial charge in [-0.25, -0.2) is 0 Å². The molecule has 0 bridgehead atoms. The van der Waals surface area contributed by atoms with Crippen LogP contribution in [-0.2, 0) is 4.79 Å². The third kappa shape index (κ3) is 44.1. The van der Waals surface area contributed by atoms with E-state index in [0.29, 0.717) is 12.8 Å². The second kappa shape index (κ2) is 47.5. The maximum atomic E-state index is 12.4. The van der Waals surface area contributed by atoms with Crippen molar-refractivity contribution in [1.82, 2.24) is 5.32 Å². The molecule has 55 heavy (non-hydrogen) atoms. The summed E-state index contributed by atoms with van der Waals surface area (Å²) in [5.41, 5.74) is 0. The summed E-state index contributed by atoms with van der Waals surface area (Å²) in [7, 11) is 0.